The first-order valence-electron chi connectivity index (χ1n) is 6.34. The van der Waals surface area contributed by atoms with Crippen LogP contribution in [-0.4, -0.2) is 17.2 Å². The Balaban J connectivity index is 1.83. The molecule has 2 rings (SSSR count). The summed E-state index contributed by atoms with van der Waals surface area (Å²) in [5.41, 5.74) is 2.79. The SMILES string of the molecule is OB(O)c1ccc(CCCc2ccc(F)cc2)cc1. The predicted molar refractivity (Wildman–Crippen MR) is 74.7 cm³/mol. The second kappa shape index (κ2) is 6.50. The molecule has 0 bridgehead atoms. The van der Waals surface area contributed by atoms with Gasteiger partial charge in [-0.2, -0.15) is 0 Å². The molecular weight excluding hydrogens is 242 g/mol. The van der Waals surface area contributed by atoms with Gasteiger partial charge in [0.05, 0.1) is 0 Å². The Hall–Kier alpha value is -1.65. The predicted octanol–water partition coefficient (Wildman–Crippen LogP) is 1.68. The summed E-state index contributed by atoms with van der Waals surface area (Å²) in [6.07, 6.45) is 2.80. The highest BCUT2D eigenvalue weighted by Gasteiger charge is 2.09. The van der Waals surface area contributed by atoms with Crippen molar-refractivity contribution in [2.24, 2.45) is 0 Å². The van der Waals surface area contributed by atoms with Crippen LogP contribution in [0.5, 0.6) is 0 Å². The van der Waals surface area contributed by atoms with Crippen molar-refractivity contribution in [3.05, 3.63) is 65.5 Å². The summed E-state index contributed by atoms with van der Waals surface area (Å²) in [7, 11) is -1.41. The van der Waals surface area contributed by atoms with Gasteiger partial charge in [-0.3, -0.25) is 0 Å². The number of rotatable bonds is 5. The van der Waals surface area contributed by atoms with Crippen molar-refractivity contribution in [3.63, 3.8) is 0 Å². The van der Waals surface area contributed by atoms with Crippen molar-refractivity contribution in [1.29, 1.82) is 0 Å². The summed E-state index contributed by atoms with van der Waals surface area (Å²) < 4.78 is 12.7. The minimum atomic E-state index is -1.41. The van der Waals surface area contributed by atoms with Crippen molar-refractivity contribution in [2.45, 2.75) is 19.3 Å². The van der Waals surface area contributed by atoms with Gasteiger partial charge in [-0.1, -0.05) is 36.4 Å². The Kier molecular flexibility index (Phi) is 4.71. The van der Waals surface area contributed by atoms with Crippen LogP contribution in [-0.2, 0) is 12.8 Å². The first kappa shape index (κ1) is 13.8. The van der Waals surface area contributed by atoms with Gasteiger partial charge in [0, 0.05) is 0 Å². The first-order valence-corrected chi connectivity index (χ1v) is 6.34. The van der Waals surface area contributed by atoms with Crippen LogP contribution in [0.1, 0.15) is 17.5 Å². The van der Waals surface area contributed by atoms with Gasteiger partial charge in [0.25, 0.3) is 0 Å². The maximum Gasteiger partial charge on any atom is 0.488 e. The van der Waals surface area contributed by atoms with Crippen LogP contribution in [0.25, 0.3) is 0 Å². The van der Waals surface area contributed by atoms with Crippen molar-refractivity contribution in [3.8, 4) is 0 Å². The van der Waals surface area contributed by atoms with E-state index in [1.807, 2.05) is 12.1 Å². The highest BCUT2D eigenvalue weighted by atomic mass is 19.1. The van der Waals surface area contributed by atoms with E-state index in [0.717, 1.165) is 30.4 Å². The summed E-state index contributed by atoms with van der Waals surface area (Å²) in [6.45, 7) is 0. The summed E-state index contributed by atoms with van der Waals surface area (Å²) in [5.74, 6) is -0.207. The molecule has 0 unspecified atom stereocenters. The summed E-state index contributed by atoms with van der Waals surface area (Å²) in [6, 6.07) is 13.8. The molecule has 19 heavy (non-hydrogen) atoms. The van der Waals surface area contributed by atoms with E-state index >= 15 is 0 Å². The second-order valence-electron chi connectivity index (χ2n) is 4.60. The lowest BCUT2D eigenvalue weighted by Gasteiger charge is -2.04. The van der Waals surface area contributed by atoms with E-state index in [-0.39, 0.29) is 5.82 Å². The van der Waals surface area contributed by atoms with E-state index in [1.165, 1.54) is 12.1 Å². The lowest BCUT2D eigenvalue weighted by atomic mass is 9.80. The topological polar surface area (TPSA) is 40.5 Å². The molecule has 2 nitrogen and oxygen atoms in total. The average molecular weight is 258 g/mol. The van der Waals surface area contributed by atoms with E-state index < -0.39 is 7.12 Å². The van der Waals surface area contributed by atoms with E-state index in [4.69, 9.17) is 10.0 Å². The fourth-order valence-corrected chi connectivity index (χ4v) is 2.00. The maximum atomic E-state index is 12.7. The first-order chi connectivity index (χ1) is 9.15. The molecule has 0 saturated heterocycles. The van der Waals surface area contributed by atoms with E-state index in [9.17, 15) is 4.39 Å². The molecule has 0 saturated carbocycles. The molecule has 2 N–H and O–H groups in total. The third kappa shape index (κ3) is 4.19. The van der Waals surface area contributed by atoms with Crippen LogP contribution < -0.4 is 5.46 Å². The minimum absolute atomic E-state index is 0.207. The minimum Gasteiger partial charge on any atom is -0.423 e. The Morgan fingerprint density at radius 2 is 1.26 bits per heavy atom. The number of hydrogen-bond donors (Lipinski definition) is 2. The quantitative estimate of drug-likeness (QED) is 0.801. The monoisotopic (exact) mass is 258 g/mol. The molecule has 4 heteroatoms. The maximum absolute atomic E-state index is 12.7. The van der Waals surface area contributed by atoms with Crippen molar-refractivity contribution in [1.82, 2.24) is 0 Å². The lowest BCUT2D eigenvalue weighted by molar-refractivity contribution is 0.426. The largest absolute Gasteiger partial charge is 0.488 e. The van der Waals surface area contributed by atoms with Gasteiger partial charge in [0.1, 0.15) is 5.82 Å². The molecule has 2 aromatic rings. The van der Waals surface area contributed by atoms with Crippen LogP contribution in [0.2, 0.25) is 0 Å². The Labute approximate surface area is 112 Å². The normalized spacial score (nSPS) is 10.5. The molecule has 0 fully saturated rings. The number of benzene rings is 2. The molecule has 0 aromatic heterocycles. The van der Waals surface area contributed by atoms with Gasteiger partial charge >= 0.3 is 7.12 Å². The number of hydrogen-bond acceptors (Lipinski definition) is 2. The van der Waals surface area contributed by atoms with Crippen molar-refractivity contribution in [2.75, 3.05) is 0 Å². The molecule has 98 valence electrons. The van der Waals surface area contributed by atoms with E-state index in [0.29, 0.717) is 5.46 Å². The number of halogens is 1. The highest BCUT2D eigenvalue weighted by Crippen LogP contribution is 2.09. The van der Waals surface area contributed by atoms with E-state index in [2.05, 4.69) is 0 Å². The number of aryl methyl sites for hydroxylation is 2. The molecule has 0 spiro atoms. The zero-order valence-electron chi connectivity index (χ0n) is 10.6. The van der Waals surface area contributed by atoms with E-state index in [1.54, 1.807) is 24.3 Å². The second-order valence-corrected chi connectivity index (χ2v) is 4.60. The third-order valence-electron chi connectivity index (χ3n) is 3.12. The Morgan fingerprint density at radius 3 is 1.74 bits per heavy atom. The zero-order chi connectivity index (χ0) is 13.7. The molecule has 2 aromatic carbocycles. The third-order valence-corrected chi connectivity index (χ3v) is 3.12. The summed E-state index contributed by atoms with van der Waals surface area (Å²) >= 11 is 0. The molecular formula is C15H16BFO2. The molecule has 0 atom stereocenters. The standard InChI is InChI=1S/C15H16BFO2/c17-15-10-6-13(7-11-15)3-1-2-12-4-8-14(9-5-12)16(18)19/h4-11,18-19H,1-3H2. The van der Waals surface area contributed by atoms with Crippen molar-refractivity contribution >= 4 is 12.6 Å². The van der Waals surface area contributed by atoms with Crippen LogP contribution in [0.15, 0.2) is 48.5 Å². The van der Waals surface area contributed by atoms with Crippen LogP contribution >= 0.6 is 0 Å². The lowest BCUT2D eigenvalue weighted by Crippen LogP contribution is -2.29. The van der Waals surface area contributed by atoms with Crippen LogP contribution in [0.3, 0.4) is 0 Å². The smallest absolute Gasteiger partial charge is 0.423 e. The van der Waals surface area contributed by atoms with Crippen LogP contribution in [0.4, 0.5) is 4.39 Å². The van der Waals surface area contributed by atoms with Gasteiger partial charge in [-0.15, -0.1) is 0 Å². The molecule has 0 aliphatic heterocycles. The van der Waals surface area contributed by atoms with Gasteiger partial charge in [0.2, 0.25) is 0 Å². The Morgan fingerprint density at radius 1 is 0.789 bits per heavy atom. The summed E-state index contributed by atoms with van der Waals surface area (Å²) in [5, 5.41) is 18.0. The zero-order valence-corrected chi connectivity index (χ0v) is 10.6. The van der Waals surface area contributed by atoms with Crippen LogP contribution in [0, 0.1) is 5.82 Å². The molecule has 0 aliphatic carbocycles. The van der Waals surface area contributed by atoms with Gasteiger partial charge in [0.15, 0.2) is 0 Å². The van der Waals surface area contributed by atoms with Crippen molar-refractivity contribution < 1.29 is 14.4 Å². The molecule has 0 amide bonds. The fraction of sp³-hybridized carbons (Fsp3) is 0.200. The van der Waals surface area contributed by atoms with Gasteiger partial charge in [-0.05, 0) is 48.0 Å². The molecule has 0 heterocycles. The highest BCUT2D eigenvalue weighted by molar-refractivity contribution is 6.58. The average Bonchev–Trinajstić information content (AvgIpc) is 2.41. The fourth-order valence-electron chi connectivity index (χ4n) is 2.00. The van der Waals surface area contributed by atoms with Gasteiger partial charge in [-0.25, -0.2) is 4.39 Å². The Bertz CT molecular complexity index is 509. The van der Waals surface area contributed by atoms with Gasteiger partial charge < -0.3 is 10.0 Å². The molecule has 0 aliphatic rings. The molecule has 0 radical (unpaired) electrons. The summed E-state index contributed by atoms with van der Waals surface area (Å²) in [4.78, 5) is 0.